The van der Waals surface area contributed by atoms with Crippen molar-refractivity contribution in [1.82, 2.24) is 10.6 Å². The average Bonchev–Trinajstić information content (AvgIpc) is 2.28. The lowest BCUT2D eigenvalue weighted by Crippen LogP contribution is -2.49. The van der Waals surface area contributed by atoms with Crippen LogP contribution in [-0.4, -0.2) is 24.5 Å². The Morgan fingerprint density at radius 3 is 2.69 bits per heavy atom. The molecule has 0 aromatic heterocycles. The van der Waals surface area contributed by atoms with E-state index in [0.717, 1.165) is 19.4 Å². The summed E-state index contributed by atoms with van der Waals surface area (Å²) >= 11 is 0. The average molecular weight is 226 g/mol. The van der Waals surface area contributed by atoms with Gasteiger partial charge in [0.25, 0.3) is 0 Å². The first-order valence-electron chi connectivity index (χ1n) is 6.69. The second-order valence-corrected chi connectivity index (χ2v) is 5.05. The molecule has 3 nitrogen and oxygen atoms in total. The van der Waals surface area contributed by atoms with Crippen LogP contribution in [0.25, 0.3) is 0 Å². The lowest BCUT2D eigenvalue weighted by molar-refractivity contribution is -0.124. The monoisotopic (exact) mass is 226 g/mol. The molecule has 3 unspecified atom stereocenters. The largest absolute Gasteiger partial charge is 0.352 e. The Bertz CT molecular complexity index is 218. The summed E-state index contributed by atoms with van der Waals surface area (Å²) in [5, 5.41) is 6.40. The number of rotatable bonds is 5. The van der Waals surface area contributed by atoms with Crippen LogP contribution >= 0.6 is 0 Å². The molecule has 0 heterocycles. The van der Waals surface area contributed by atoms with Gasteiger partial charge in [0.2, 0.25) is 5.91 Å². The Morgan fingerprint density at radius 2 is 2.06 bits per heavy atom. The Labute approximate surface area is 99.4 Å². The summed E-state index contributed by atoms with van der Waals surface area (Å²) < 4.78 is 0. The first kappa shape index (κ1) is 13.5. The van der Waals surface area contributed by atoms with Crippen LogP contribution in [0.3, 0.4) is 0 Å². The van der Waals surface area contributed by atoms with E-state index >= 15 is 0 Å². The van der Waals surface area contributed by atoms with Gasteiger partial charge in [0.15, 0.2) is 0 Å². The third-order valence-corrected chi connectivity index (χ3v) is 3.53. The molecule has 0 aromatic carbocycles. The number of carbonyl (C=O) groups excluding carboxylic acids is 1. The zero-order valence-electron chi connectivity index (χ0n) is 10.9. The lowest BCUT2D eigenvalue weighted by Gasteiger charge is -2.30. The van der Waals surface area contributed by atoms with E-state index in [1.54, 1.807) is 0 Å². The van der Waals surface area contributed by atoms with E-state index in [1.165, 1.54) is 19.3 Å². The van der Waals surface area contributed by atoms with Crippen molar-refractivity contribution in [3.8, 4) is 0 Å². The van der Waals surface area contributed by atoms with Crippen molar-refractivity contribution in [1.29, 1.82) is 0 Å². The van der Waals surface area contributed by atoms with Crippen LogP contribution in [-0.2, 0) is 4.79 Å². The van der Waals surface area contributed by atoms with Gasteiger partial charge in [-0.15, -0.1) is 0 Å². The van der Waals surface area contributed by atoms with Crippen molar-refractivity contribution in [3.63, 3.8) is 0 Å². The molecule has 0 radical (unpaired) electrons. The minimum atomic E-state index is -0.0610. The van der Waals surface area contributed by atoms with Crippen molar-refractivity contribution >= 4 is 5.91 Å². The summed E-state index contributed by atoms with van der Waals surface area (Å²) in [7, 11) is 0. The number of carbonyl (C=O) groups is 1. The van der Waals surface area contributed by atoms with Gasteiger partial charge in [-0.3, -0.25) is 4.79 Å². The number of nitrogens with one attached hydrogen (secondary N) is 2. The predicted octanol–water partition coefficient (Wildman–Crippen LogP) is 2.07. The molecular weight excluding hydrogens is 200 g/mol. The third kappa shape index (κ3) is 4.12. The van der Waals surface area contributed by atoms with Crippen LogP contribution < -0.4 is 10.6 Å². The molecule has 1 rings (SSSR count). The quantitative estimate of drug-likeness (QED) is 0.753. The number of hydrogen-bond acceptors (Lipinski definition) is 2. The highest BCUT2D eigenvalue weighted by molar-refractivity contribution is 5.81. The summed E-state index contributed by atoms with van der Waals surface area (Å²) in [5.74, 6) is 0.795. The molecule has 16 heavy (non-hydrogen) atoms. The normalized spacial score (nSPS) is 27.4. The fourth-order valence-electron chi connectivity index (χ4n) is 2.29. The van der Waals surface area contributed by atoms with Crippen LogP contribution in [0.1, 0.15) is 52.9 Å². The van der Waals surface area contributed by atoms with E-state index < -0.39 is 0 Å². The zero-order valence-corrected chi connectivity index (χ0v) is 10.9. The van der Waals surface area contributed by atoms with Gasteiger partial charge in [-0.1, -0.05) is 26.7 Å². The summed E-state index contributed by atoms with van der Waals surface area (Å²) in [6.45, 7) is 7.21. The molecule has 1 aliphatic rings. The van der Waals surface area contributed by atoms with Crippen molar-refractivity contribution in [2.24, 2.45) is 5.92 Å². The molecule has 0 saturated heterocycles. The fraction of sp³-hybridized carbons (Fsp3) is 0.923. The van der Waals surface area contributed by atoms with Crippen LogP contribution in [0.15, 0.2) is 0 Å². The summed E-state index contributed by atoms with van der Waals surface area (Å²) in [6, 6.07) is 0.334. The Balaban J connectivity index is 2.31. The van der Waals surface area contributed by atoms with Crippen LogP contribution in [0.5, 0.6) is 0 Å². The van der Waals surface area contributed by atoms with Crippen LogP contribution in [0.4, 0.5) is 0 Å². The SMILES string of the molecule is CCCNC(C)C(=O)NC1CCCCC1C. The van der Waals surface area contributed by atoms with E-state index in [4.69, 9.17) is 0 Å². The second-order valence-electron chi connectivity index (χ2n) is 5.05. The molecule has 1 fully saturated rings. The van der Waals surface area contributed by atoms with Crippen molar-refractivity contribution in [2.45, 2.75) is 65.0 Å². The minimum absolute atomic E-state index is 0.0610. The van der Waals surface area contributed by atoms with Gasteiger partial charge in [0.05, 0.1) is 6.04 Å². The lowest BCUT2D eigenvalue weighted by atomic mass is 9.86. The Morgan fingerprint density at radius 1 is 1.38 bits per heavy atom. The molecule has 94 valence electrons. The second kappa shape index (κ2) is 6.89. The topological polar surface area (TPSA) is 41.1 Å². The summed E-state index contributed by atoms with van der Waals surface area (Å²) in [6.07, 6.45) is 6.04. The van der Waals surface area contributed by atoms with Crippen molar-refractivity contribution in [3.05, 3.63) is 0 Å². The van der Waals surface area contributed by atoms with Crippen molar-refractivity contribution < 1.29 is 4.79 Å². The highest BCUT2D eigenvalue weighted by atomic mass is 16.2. The van der Waals surface area contributed by atoms with Crippen molar-refractivity contribution in [2.75, 3.05) is 6.54 Å². The summed E-state index contributed by atoms with van der Waals surface area (Å²) in [5.41, 5.74) is 0. The van der Waals surface area contributed by atoms with Gasteiger partial charge in [-0.2, -0.15) is 0 Å². The van der Waals surface area contributed by atoms with E-state index in [1.807, 2.05) is 6.92 Å². The standard InChI is InChI=1S/C13H26N2O/c1-4-9-14-11(3)13(16)15-12-8-6-5-7-10(12)2/h10-12,14H,4-9H2,1-3H3,(H,15,16). The van der Waals surface area contributed by atoms with E-state index in [2.05, 4.69) is 24.5 Å². The molecule has 0 spiro atoms. The number of amides is 1. The van der Waals surface area contributed by atoms with E-state index in [-0.39, 0.29) is 11.9 Å². The fourth-order valence-corrected chi connectivity index (χ4v) is 2.29. The maximum atomic E-state index is 11.9. The Hall–Kier alpha value is -0.570. The smallest absolute Gasteiger partial charge is 0.237 e. The predicted molar refractivity (Wildman–Crippen MR) is 67.3 cm³/mol. The highest BCUT2D eigenvalue weighted by Crippen LogP contribution is 2.23. The van der Waals surface area contributed by atoms with Gasteiger partial charge in [0.1, 0.15) is 0 Å². The molecule has 1 amide bonds. The van der Waals surface area contributed by atoms with Crippen LogP contribution in [0, 0.1) is 5.92 Å². The Kier molecular flexibility index (Phi) is 5.81. The van der Waals surface area contributed by atoms with E-state index in [9.17, 15) is 4.79 Å². The molecule has 0 aliphatic heterocycles. The molecule has 0 bridgehead atoms. The van der Waals surface area contributed by atoms with Crippen LogP contribution in [0.2, 0.25) is 0 Å². The van der Waals surface area contributed by atoms with Gasteiger partial charge < -0.3 is 10.6 Å². The highest BCUT2D eigenvalue weighted by Gasteiger charge is 2.24. The molecule has 2 N–H and O–H groups in total. The van der Waals surface area contributed by atoms with Gasteiger partial charge in [0, 0.05) is 6.04 Å². The molecule has 3 heteroatoms. The molecule has 1 saturated carbocycles. The first-order valence-corrected chi connectivity index (χ1v) is 6.69. The molecule has 0 aromatic rings. The molecule has 3 atom stereocenters. The van der Waals surface area contributed by atoms with E-state index in [0.29, 0.717) is 12.0 Å². The maximum Gasteiger partial charge on any atom is 0.237 e. The minimum Gasteiger partial charge on any atom is -0.352 e. The van der Waals surface area contributed by atoms with Gasteiger partial charge in [-0.05, 0) is 38.6 Å². The maximum absolute atomic E-state index is 11.9. The molecular formula is C13H26N2O. The zero-order chi connectivity index (χ0) is 12.0. The third-order valence-electron chi connectivity index (χ3n) is 3.53. The molecule has 1 aliphatic carbocycles. The number of hydrogen-bond donors (Lipinski definition) is 2. The van der Waals surface area contributed by atoms with Gasteiger partial charge in [-0.25, -0.2) is 0 Å². The van der Waals surface area contributed by atoms with Gasteiger partial charge >= 0.3 is 0 Å². The summed E-state index contributed by atoms with van der Waals surface area (Å²) in [4.78, 5) is 11.9. The first-order chi connectivity index (χ1) is 7.65.